The Balaban J connectivity index is 0.000000394. The minimum atomic E-state index is -0.850. The Morgan fingerprint density at radius 1 is 0.872 bits per heavy atom. The normalized spacial score (nSPS) is 17.7. The number of carbonyl (C=O) groups excluding carboxylic acids is 4. The number of ether oxygens (including phenoxy) is 3. The highest BCUT2D eigenvalue weighted by Gasteiger charge is 2.36. The number of esters is 3. The van der Waals surface area contributed by atoms with Crippen LogP contribution in [0.1, 0.15) is 89.5 Å². The fraction of sp³-hybridized carbons (Fsp3) is 0.583. The summed E-state index contributed by atoms with van der Waals surface area (Å²) in [4.78, 5) is 56.7. The number of halogens is 2. The molecule has 0 aromatic carbocycles. The SMILES string of the molecule is Br.Br.CCOC(=O)C(=O)N1CCC[C@H]1c1nc(C(=O)OCC)cs1.CCOC(=O)c1csc([C@@H]2CCCN2)n1. The number of nitrogens with zero attached hydrogens (tertiary/aromatic N) is 3. The van der Waals surface area contributed by atoms with Gasteiger partial charge in [0.2, 0.25) is 0 Å². The molecule has 2 aromatic heterocycles. The molecule has 2 fully saturated rings. The molecule has 0 saturated carbocycles. The van der Waals surface area contributed by atoms with Crippen molar-refractivity contribution in [3.63, 3.8) is 0 Å². The summed E-state index contributed by atoms with van der Waals surface area (Å²) in [6, 6.07) is 0.0447. The standard InChI is InChI=1S/C14H18N2O5S.C10H14N2O2S.2BrH/c1-3-20-13(18)9-8-22-11(15-9)10-6-5-7-16(10)12(17)14(19)21-4-2;1-2-14-10(13)8-6-15-9(12-8)7-4-3-5-11-7;;/h8,10H,3-7H2,1-2H3;6-7,11H,2-5H2,1H3;2*1H/t10-;7-;;/m00../s1. The fourth-order valence-corrected chi connectivity index (χ4v) is 5.79. The molecule has 0 aliphatic carbocycles. The third kappa shape index (κ3) is 9.59. The topological polar surface area (TPSA) is 137 Å². The van der Waals surface area contributed by atoms with Gasteiger partial charge in [0.15, 0.2) is 11.4 Å². The minimum Gasteiger partial charge on any atom is -0.461 e. The minimum absolute atomic E-state index is 0. The van der Waals surface area contributed by atoms with E-state index >= 15 is 0 Å². The van der Waals surface area contributed by atoms with E-state index in [1.807, 2.05) is 0 Å². The van der Waals surface area contributed by atoms with Gasteiger partial charge in [-0.15, -0.1) is 56.6 Å². The molecular weight excluding hydrogens is 680 g/mol. The molecule has 1 amide bonds. The van der Waals surface area contributed by atoms with E-state index in [1.54, 1.807) is 31.5 Å². The molecule has 0 bridgehead atoms. The van der Waals surface area contributed by atoms with Crippen molar-refractivity contribution >= 4 is 80.5 Å². The van der Waals surface area contributed by atoms with Gasteiger partial charge in [0.1, 0.15) is 10.0 Å². The van der Waals surface area contributed by atoms with E-state index in [2.05, 4.69) is 15.3 Å². The lowest BCUT2D eigenvalue weighted by Crippen LogP contribution is -2.37. The van der Waals surface area contributed by atoms with E-state index in [4.69, 9.17) is 14.2 Å². The number of nitrogens with one attached hydrogen (secondary N) is 1. The lowest BCUT2D eigenvalue weighted by molar-refractivity contribution is -0.160. The summed E-state index contributed by atoms with van der Waals surface area (Å²) in [7, 11) is 0. The van der Waals surface area contributed by atoms with Crippen molar-refractivity contribution in [1.29, 1.82) is 0 Å². The quantitative estimate of drug-likeness (QED) is 0.249. The first-order valence-electron chi connectivity index (χ1n) is 12.4. The molecule has 2 aromatic rings. The molecular formula is C24H34Br2N4O7S2. The van der Waals surface area contributed by atoms with Gasteiger partial charge in [-0.3, -0.25) is 4.79 Å². The summed E-state index contributed by atoms with van der Waals surface area (Å²) in [5.74, 6) is -2.31. The van der Waals surface area contributed by atoms with Crippen LogP contribution in [0, 0.1) is 0 Å². The maximum Gasteiger partial charge on any atom is 0.397 e. The summed E-state index contributed by atoms with van der Waals surface area (Å²) in [6.45, 7) is 7.53. The Bertz CT molecular complexity index is 1090. The van der Waals surface area contributed by atoms with E-state index in [0.717, 1.165) is 24.4 Å². The predicted molar refractivity (Wildman–Crippen MR) is 157 cm³/mol. The van der Waals surface area contributed by atoms with Crippen molar-refractivity contribution in [3.8, 4) is 0 Å². The molecule has 15 heteroatoms. The molecule has 0 spiro atoms. The second-order valence-corrected chi connectivity index (χ2v) is 9.89. The lowest BCUT2D eigenvalue weighted by Gasteiger charge is -2.21. The van der Waals surface area contributed by atoms with Crippen molar-refractivity contribution < 1.29 is 33.4 Å². The van der Waals surface area contributed by atoms with Crippen LogP contribution in [-0.4, -0.2) is 71.6 Å². The first kappa shape index (κ1) is 35.1. The van der Waals surface area contributed by atoms with Crippen LogP contribution in [0.5, 0.6) is 0 Å². The number of hydrogen-bond acceptors (Lipinski definition) is 12. The van der Waals surface area contributed by atoms with Gasteiger partial charge >= 0.3 is 23.8 Å². The van der Waals surface area contributed by atoms with E-state index in [9.17, 15) is 19.2 Å². The smallest absolute Gasteiger partial charge is 0.397 e. The highest BCUT2D eigenvalue weighted by molar-refractivity contribution is 8.93. The van der Waals surface area contributed by atoms with Crippen LogP contribution in [-0.2, 0) is 23.8 Å². The molecule has 11 nitrogen and oxygen atoms in total. The molecule has 2 atom stereocenters. The second-order valence-electron chi connectivity index (χ2n) is 8.11. The molecule has 218 valence electrons. The zero-order valence-electron chi connectivity index (χ0n) is 22.0. The number of amides is 1. The Morgan fingerprint density at radius 3 is 1.97 bits per heavy atom. The third-order valence-electron chi connectivity index (χ3n) is 5.62. The van der Waals surface area contributed by atoms with Gasteiger partial charge in [-0.25, -0.2) is 24.4 Å². The number of hydrogen-bond donors (Lipinski definition) is 1. The fourth-order valence-electron chi connectivity index (χ4n) is 3.96. The first-order chi connectivity index (χ1) is 17.9. The van der Waals surface area contributed by atoms with Gasteiger partial charge in [0.25, 0.3) is 0 Å². The highest BCUT2D eigenvalue weighted by Crippen LogP contribution is 2.34. The Kier molecular flexibility index (Phi) is 15.9. The average molecular weight is 714 g/mol. The Morgan fingerprint density at radius 2 is 1.44 bits per heavy atom. The van der Waals surface area contributed by atoms with Crippen molar-refractivity contribution in [1.82, 2.24) is 20.2 Å². The second kappa shape index (κ2) is 17.7. The maximum absolute atomic E-state index is 12.1. The number of thiazole rings is 2. The number of carbonyl (C=O) groups is 4. The summed E-state index contributed by atoms with van der Waals surface area (Å²) in [5, 5.41) is 8.37. The Hall–Kier alpha value is -1.94. The lowest BCUT2D eigenvalue weighted by atomic mass is 10.2. The van der Waals surface area contributed by atoms with Crippen LogP contribution in [0.25, 0.3) is 0 Å². The molecule has 4 heterocycles. The zero-order chi connectivity index (χ0) is 26.8. The monoisotopic (exact) mass is 712 g/mol. The molecule has 0 unspecified atom stereocenters. The van der Waals surface area contributed by atoms with Crippen LogP contribution >= 0.6 is 56.6 Å². The van der Waals surface area contributed by atoms with Gasteiger partial charge in [0, 0.05) is 17.3 Å². The van der Waals surface area contributed by atoms with Crippen molar-refractivity contribution in [2.45, 2.75) is 58.5 Å². The molecule has 2 aliphatic rings. The number of aromatic nitrogens is 2. The van der Waals surface area contributed by atoms with Gasteiger partial charge in [0.05, 0.1) is 31.9 Å². The van der Waals surface area contributed by atoms with Crippen LogP contribution in [0.2, 0.25) is 0 Å². The maximum atomic E-state index is 12.1. The van der Waals surface area contributed by atoms with E-state index < -0.39 is 17.8 Å². The Labute approximate surface area is 256 Å². The average Bonchev–Trinajstić information content (AvgIpc) is 3.70. The molecule has 4 rings (SSSR count). The van der Waals surface area contributed by atoms with Crippen LogP contribution < -0.4 is 5.32 Å². The van der Waals surface area contributed by atoms with Crippen LogP contribution in [0.15, 0.2) is 10.8 Å². The summed E-state index contributed by atoms with van der Waals surface area (Å²) in [6.07, 6.45) is 3.78. The summed E-state index contributed by atoms with van der Waals surface area (Å²) >= 11 is 2.82. The largest absolute Gasteiger partial charge is 0.461 e. The van der Waals surface area contributed by atoms with Gasteiger partial charge < -0.3 is 24.4 Å². The molecule has 1 N–H and O–H groups in total. The molecule has 2 aliphatic heterocycles. The number of rotatable bonds is 7. The van der Waals surface area contributed by atoms with E-state index in [1.165, 1.54) is 34.0 Å². The highest BCUT2D eigenvalue weighted by atomic mass is 79.9. The zero-order valence-corrected chi connectivity index (χ0v) is 27.1. The summed E-state index contributed by atoms with van der Waals surface area (Å²) in [5.41, 5.74) is 0.669. The van der Waals surface area contributed by atoms with Crippen molar-refractivity contribution in [2.75, 3.05) is 32.9 Å². The van der Waals surface area contributed by atoms with Crippen molar-refractivity contribution in [3.05, 3.63) is 32.2 Å². The van der Waals surface area contributed by atoms with Crippen LogP contribution in [0.3, 0.4) is 0 Å². The van der Waals surface area contributed by atoms with Gasteiger partial charge in [-0.1, -0.05) is 0 Å². The first-order valence-corrected chi connectivity index (χ1v) is 14.1. The van der Waals surface area contributed by atoms with Gasteiger partial charge in [-0.05, 0) is 53.0 Å². The number of likely N-dealkylation sites (tertiary alicyclic amines) is 1. The predicted octanol–water partition coefficient (Wildman–Crippen LogP) is 4.45. The molecule has 39 heavy (non-hydrogen) atoms. The van der Waals surface area contributed by atoms with E-state index in [-0.39, 0.29) is 64.9 Å². The molecule has 2 saturated heterocycles. The van der Waals surface area contributed by atoms with Gasteiger partial charge in [-0.2, -0.15) is 0 Å². The van der Waals surface area contributed by atoms with Crippen LogP contribution in [0.4, 0.5) is 0 Å². The van der Waals surface area contributed by atoms with E-state index in [0.29, 0.717) is 36.3 Å². The van der Waals surface area contributed by atoms with Crippen molar-refractivity contribution in [2.24, 2.45) is 0 Å². The summed E-state index contributed by atoms with van der Waals surface area (Å²) < 4.78 is 14.5. The molecule has 0 radical (unpaired) electrons. The third-order valence-corrected chi connectivity index (χ3v) is 7.52.